The molecule has 1 unspecified atom stereocenters. The van der Waals surface area contributed by atoms with E-state index in [9.17, 15) is 27.9 Å². The molecule has 11 heteroatoms. The van der Waals surface area contributed by atoms with Gasteiger partial charge in [0, 0.05) is 5.56 Å². The van der Waals surface area contributed by atoms with Crippen LogP contribution in [0.2, 0.25) is 0 Å². The fourth-order valence-corrected chi connectivity index (χ4v) is 4.43. The summed E-state index contributed by atoms with van der Waals surface area (Å²) in [5.41, 5.74) is 2.68. The summed E-state index contributed by atoms with van der Waals surface area (Å²) in [6.45, 7) is 4.53. The molecular weight excluding hydrogens is 511 g/mol. The molecule has 5 rings (SSSR count). The molecule has 2 aromatic carbocycles. The summed E-state index contributed by atoms with van der Waals surface area (Å²) in [5.74, 6) is -0.983. The van der Waals surface area contributed by atoms with E-state index in [1.165, 1.54) is 11.0 Å². The van der Waals surface area contributed by atoms with Crippen LogP contribution in [0.15, 0.2) is 67.0 Å². The van der Waals surface area contributed by atoms with E-state index in [4.69, 9.17) is 0 Å². The van der Waals surface area contributed by atoms with Gasteiger partial charge in [-0.05, 0) is 61.2 Å². The first kappa shape index (κ1) is 26.1. The molecule has 4 aromatic rings. The van der Waals surface area contributed by atoms with Gasteiger partial charge in [-0.25, -0.2) is 4.98 Å². The van der Waals surface area contributed by atoms with Crippen LogP contribution in [0.3, 0.4) is 0 Å². The van der Waals surface area contributed by atoms with E-state index in [1.807, 2.05) is 24.3 Å². The first-order valence-corrected chi connectivity index (χ1v) is 12.1. The molecule has 1 aliphatic heterocycles. The van der Waals surface area contributed by atoms with Crippen molar-refractivity contribution in [3.05, 3.63) is 83.7 Å². The number of benzene rings is 2. The van der Waals surface area contributed by atoms with Crippen molar-refractivity contribution in [2.45, 2.75) is 44.9 Å². The van der Waals surface area contributed by atoms with Crippen LogP contribution in [0.4, 0.5) is 19.0 Å². The van der Waals surface area contributed by atoms with Crippen molar-refractivity contribution >= 4 is 17.7 Å². The van der Waals surface area contributed by atoms with Crippen molar-refractivity contribution in [1.82, 2.24) is 19.7 Å². The zero-order valence-corrected chi connectivity index (χ0v) is 21.3. The third-order valence-corrected chi connectivity index (χ3v) is 7.09. The van der Waals surface area contributed by atoms with E-state index in [2.05, 4.69) is 15.2 Å². The van der Waals surface area contributed by atoms with Crippen LogP contribution in [-0.2, 0) is 16.8 Å². The molecule has 0 saturated heterocycles. The fourth-order valence-electron chi connectivity index (χ4n) is 4.43. The maximum atomic E-state index is 13.4. The number of rotatable bonds is 6. The molecule has 1 amide bonds. The number of alkyl halides is 3. The van der Waals surface area contributed by atoms with Crippen molar-refractivity contribution in [2.75, 3.05) is 4.90 Å². The molecule has 0 spiro atoms. The van der Waals surface area contributed by atoms with Crippen LogP contribution in [0.1, 0.15) is 48.3 Å². The Morgan fingerprint density at radius 1 is 1.03 bits per heavy atom. The molecule has 39 heavy (non-hydrogen) atoms. The molecule has 0 radical (unpaired) electrons. The highest BCUT2D eigenvalue weighted by molar-refractivity contribution is 6.10. The van der Waals surface area contributed by atoms with Crippen molar-refractivity contribution in [2.24, 2.45) is 0 Å². The highest BCUT2D eigenvalue weighted by atomic mass is 19.4. The maximum absolute atomic E-state index is 13.4. The first-order chi connectivity index (χ1) is 18.4. The van der Waals surface area contributed by atoms with Crippen LogP contribution in [0.5, 0.6) is 0 Å². The van der Waals surface area contributed by atoms with E-state index in [-0.39, 0.29) is 29.8 Å². The summed E-state index contributed by atoms with van der Waals surface area (Å²) in [6.07, 6.45) is -3.48. The number of carbonyl (C=O) groups excluding carboxylic acids is 1. The standard InChI is InChI=1S/C28H24F3N5O3/c1-16(28(29,30)31)36-15-32-34-24(36)22-5-4-6-23(33-22)35-14-19-8-7-18(13-21(19)25(35)37)17-9-11-20(12-10-17)27(2,3)26(38)39/h4-13,15-16H,14H2,1-3H3,(H,38,39). The van der Waals surface area contributed by atoms with Gasteiger partial charge in [0.2, 0.25) is 0 Å². The Kier molecular flexibility index (Phi) is 6.24. The number of aromatic nitrogens is 4. The Hall–Kier alpha value is -4.54. The minimum absolute atomic E-state index is 0.0531. The number of fused-ring (bicyclic) bond motifs is 1. The summed E-state index contributed by atoms with van der Waals surface area (Å²) < 4.78 is 40.9. The predicted octanol–water partition coefficient (Wildman–Crippen LogP) is 5.65. The quantitative estimate of drug-likeness (QED) is 0.342. The zero-order chi connectivity index (χ0) is 28.1. The average Bonchev–Trinajstić information content (AvgIpc) is 3.52. The number of aliphatic carboxylic acids is 1. The van der Waals surface area contributed by atoms with E-state index < -0.39 is 23.6 Å². The number of nitrogens with zero attached hydrogens (tertiary/aromatic N) is 5. The highest BCUT2D eigenvalue weighted by Crippen LogP contribution is 2.35. The molecule has 200 valence electrons. The zero-order valence-electron chi connectivity index (χ0n) is 21.3. The lowest BCUT2D eigenvalue weighted by molar-refractivity contribution is -0.162. The SMILES string of the molecule is CC(n1cnnc1-c1cccc(N2Cc3ccc(-c4ccc(C(C)(C)C(=O)O)cc4)cc3C2=O)n1)C(F)(F)F. The van der Waals surface area contributed by atoms with E-state index in [0.29, 0.717) is 11.1 Å². The van der Waals surface area contributed by atoms with Gasteiger partial charge < -0.3 is 9.67 Å². The van der Waals surface area contributed by atoms with Crippen LogP contribution in [0, 0.1) is 0 Å². The Labute approximate surface area is 221 Å². The van der Waals surface area contributed by atoms with E-state index in [0.717, 1.165) is 34.5 Å². The second kappa shape index (κ2) is 9.33. The monoisotopic (exact) mass is 535 g/mol. The summed E-state index contributed by atoms with van der Waals surface area (Å²) >= 11 is 0. The molecule has 2 aromatic heterocycles. The van der Waals surface area contributed by atoms with Gasteiger partial charge in [0.05, 0.1) is 12.0 Å². The number of carboxylic acids is 1. The summed E-state index contributed by atoms with van der Waals surface area (Å²) in [4.78, 5) is 30.9. The van der Waals surface area contributed by atoms with Gasteiger partial charge in [0.25, 0.3) is 5.91 Å². The Bertz CT molecular complexity index is 1580. The van der Waals surface area contributed by atoms with Gasteiger partial charge in [-0.3, -0.25) is 14.5 Å². The van der Waals surface area contributed by atoms with E-state index in [1.54, 1.807) is 44.2 Å². The van der Waals surface area contributed by atoms with Crippen LogP contribution < -0.4 is 4.90 Å². The minimum Gasteiger partial charge on any atom is -0.481 e. The smallest absolute Gasteiger partial charge is 0.408 e. The van der Waals surface area contributed by atoms with Crippen molar-refractivity contribution < 1.29 is 27.9 Å². The van der Waals surface area contributed by atoms with Gasteiger partial charge in [-0.15, -0.1) is 10.2 Å². The molecule has 0 aliphatic carbocycles. The van der Waals surface area contributed by atoms with Crippen LogP contribution >= 0.6 is 0 Å². The van der Waals surface area contributed by atoms with Crippen LogP contribution in [0.25, 0.3) is 22.6 Å². The van der Waals surface area contributed by atoms with Gasteiger partial charge in [-0.1, -0.05) is 42.5 Å². The van der Waals surface area contributed by atoms with Gasteiger partial charge in [0.1, 0.15) is 23.9 Å². The molecule has 1 atom stereocenters. The Morgan fingerprint density at radius 2 is 1.72 bits per heavy atom. The number of anilines is 1. The number of amides is 1. The number of hydrogen-bond donors (Lipinski definition) is 1. The van der Waals surface area contributed by atoms with Gasteiger partial charge in [-0.2, -0.15) is 13.2 Å². The lowest BCUT2D eigenvalue weighted by Crippen LogP contribution is -2.28. The molecule has 3 heterocycles. The van der Waals surface area contributed by atoms with Gasteiger partial charge in [0.15, 0.2) is 5.82 Å². The topological polar surface area (TPSA) is 101 Å². The molecule has 8 nitrogen and oxygen atoms in total. The average molecular weight is 536 g/mol. The first-order valence-electron chi connectivity index (χ1n) is 12.1. The van der Waals surface area contributed by atoms with Crippen molar-refractivity contribution in [3.63, 3.8) is 0 Å². The largest absolute Gasteiger partial charge is 0.481 e. The molecule has 1 N–H and O–H groups in total. The predicted molar refractivity (Wildman–Crippen MR) is 137 cm³/mol. The normalized spacial score (nSPS) is 14.4. The number of carbonyl (C=O) groups is 2. The van der Waals surface area contributed by atoms with Crippen molar-refractivity contribution in [1.29, 1.82) is 0 Å². The lowest BCUT2D eigenvalue weighted by atomic mass is 9.84. The number of carboxylic acid groups (broad SMARTS) is 1. The van der Waals surface area contributed by atoms with Gasteiger partial charge >= 0.3 is 12.1 Å². The van der Waals surface area contributed by atoms with E-state index >= 15 is 0 Å². The minimum atomic E-state index is -4.49. The Morgan fingerprint density at radius 3 is 2.38 bits per heavy atom. The molecule has 0 fully saturated rings. The van der Waals surface area contributed by atoms with Crippen LogP contribution in [-0.4, -0.2) is 42.9 Å². The molecule has 0 saturated carbocycles. The number of pyridine rings is 1. The third kappa shape index (κ3) is 4.64. The summed E-state index contributed by atoms with van der Waals surface area (Å²) in [6, 6.07) is 15.6. The lowest BCUT2D eigenvalue weighted by Gasteiger charge is -2.20. The number of hydrogen-bond acceptors (Lipinski definition) is 5. The molecule has 1 aliphatic rings. The summed E-state index contributed by atoms with van der Waals surface area (Å²) in [5, 5.41) is 16.9. The summed E-state index contributed by atoms with van der Waals surface area (Å²) in [7, 11) is 0. The second-order valence-electron chi connectivity index (χ2n) is 9.93. The highest BCUT2D eigenvalue weighted by Gasteiger charge is 2.39. The maximum Gasteiger partial charge on any atom is 0.408 e. The third-order valence-electron chi connectivity index (χ3n) is 7.09. The Balaban J connectivity index is 1.42. The second-order valence-corrected chi connectivity index (χ2v) is 9.93. The number of halogens is 3. The molecule has 0 bridgehead atoms. The fraction of sp³-hybridized carbons (Fsp3) is 0.250. The molecular formula is C28H24F3N5O3. The van der Waals surface area contributed by atoms with Crippen molar-refractivity contribution in [3.8, 4) is 22.6 Å².